The standard InChI is InChI=1S/C16H15BrN2O5/c1-6-2-3-7(4-10(6)19(22)23)18-15(20)11-8-5-9-12(11)16(21)24-14(9)13(8)17/h2-4,8-9,11-14H,5H2,1H3,(H,18,20)/t8-,9-,11-,12+,13-,14+/m1/s1. The first-order valence-corrected chi connectivity index (χ1v) is 8.70. The van der Waals surface area contributed by atoms with Crippen molar-refractivity contribution < 1.29 is 19.2 Å². The van der Waals surface area contributed by atoms with Crippen molar-refractivity contribution in [3.8, 4) is 0 Å². The summed E-state index contributed by atoms with van der Waals surface area (Å²) in [5.41, 5.74) is 0.856. The molecule has 2 saturated carbocycles. The van der Waals surface area contributed by atoms with E-state index in [1.165, 1.54) is 6.07 Å². The number of anilines is 1. The number of nitrogens with one attached hydrogen (secondary N) is 1. The summed E-state index contributed by atoms with van der Waals surface area (Å²) < 4.78 is 5.39. The Balaban J connectivity index is 1.58. The third-order valence-corrected chi connectivity index (χ3v) is 6.70. The Hall–Kier alpha value is -1.96. The molecule has 0 spiro atoms. The molecule has 8 heteroatoms. The van der Waals surface area contributed by atoms with Gasteiger partial charge in [-0.3, -0.25) is 19.7 Å². The van der Waals surface area contributed by atoms with Crippen molar-refractivity contribution in [3.05, 3.63) is 33.9 Å². The fourth-order valence-electron chi connectivity index (χ4n) is 4.44. The molecule has 1 aliphatic heterocycles. The second-order valence-corrected chi connectivity index (χ2v) is 7.77. The Morgan fingerprint density at radius 2 is 2.17 bits per heavy atom. The van der Waals surface area contributed by atoms with Crippen LogP contribution in [0.1, 0.15) is 12.0 Å². The van der Waals surface area contributed by atoms with Crippen LogP contribution in [0, 0.1) is 40.7 Å². The average Bonchev–Trinajstić information content (AvgIpc) is 3.13. The van der Waals surface area contributed by atoms with E-state index in [0.29, 0.717) is 11.3 Å². The lowest BCUT2D eigenvalue weighted by molar-refractivity contribution is -0.385. The van der Waals surface area contributed by atoms with E-state index in [1.807, 2.05) is 0 Å². The van der Waals surface area contributed by atoms with Crippen molar-refractivity contribution in [3.63, 3.8) is 0 Å². The molecule has 4 rings (SSSR count). The molecule has 3 fully saturated rings. The number of fused-ring (bicyclic) bond motifs is 1. The van der Waals surface area contributed by atoms with Crippen LogP contribution >= 0.6 is 15.9 Å². The summed E-state index contributed by atoms with van der Waals surface area (Å²) in [4.78, 5) is 35.4. The molecular formula is C16H15BrN2O5. The summed E-state index contributed by atoms with van der Waals surface area (Å²) in [6, 6.07) is 4.58. The molecule has 1 aromatic carbocycles. The van der Waals surface area contributed by atoms with Gasteiger partial charge in [0.05, 0.1) is 21.6 Å². The highest BCUT2D eigenvalue weighted by molar-refractivity contribution is 9.09. The zero-order chi connectivity index (χ0) is 17.2. The van der Waals surface area contributed by atoms with E-state index in [-0.39, 0.29) is 40.3 Å². The maximum atomic E-state index is 12.7. The fraction of sp³-hybridized carbons (Fsp3) is 0.500. The van der Waals surface area contributed by atoms with Gasteiger partial charge in [-0.2, -0.15) is 0 Å². The lowest BCUT2D eigenvalue weighted by Gasteiger charge is -2.27. The number of carbonyl (C=O) groups is 2. The maximum absolute atomic E-state index is 12.7. The van der Waals surface area contributed by atoms with E-state index in [2.05, 4.69) is 21.2 Å². The minimum absolute atomic E-state index is 0.00620. The van der Waals surface area contributed by atoms with E-state index < -0.39 is 16.8 Å². The van der Waals surface area contributed by atoms with Crippen LogP contribution in [0.25, 0.3) is 0 Å². The van der Waals surface area contributed by atoms with E-state index >= 15 is 0 Å². The highest BCUT2D eigenvalue weighted by Gasteiger charge is 2.67. The van der Waals surface area contributed by atoms with Gasteiger partial charge in [0.15, 0.2) is 0 Å². The second kappa shape index (κ2) is 5.27. The van der Waals surface area contributed by atoms with Crippen LogP contribution in [0.15, 0.2) is 18.2 Å². The van der Waals surface area contributed by atoms with E-state index in [9.17, 15) is 19.7 Å². The van der Waals surface area contributed by atoms with Gasteiger partial charge >= 0.3 is 5.97 Å². The van der Waals surface area contributed by atoms with Gasteiger partial charge in [-0.25, -0.2) is 0 Å². The summed E-state index contributed by atoms with van der Waals surface area (Å²) in [5, 5.41) is 13.8. The molecule has 3 aliphatic rings. The van der Waals surface area contributed by atoms with E-state index in [1.54, 1.807) is 19.1 Å². The predicted molar refractivity (Wildman–Crippen MR) is 87.6 cm³/mol. The minimum Gasteiger partial charge on any atom is -0.461 e. The number of aryl methyl sites for hydroxylation is 1. The molecule has 24 heavy (non-hydrogen) atoms. The third-order valence-electron chi connectivity index (χ3n) is 5.50. The van der Waals surface area contributed by atoms with Crippen molar-refractivity contribution in [1.82, 2.24) is 0 Å². The third kappa shape index (κ3) is 2.08. The summed E-state index contributed by atoms with van der Waals surface area (Å²) in [7, 11) is 0. The Bertz CT molecular complexity index is 767. The van der Waals surface area contributed by atoms with Gasteiger partial charge < -0.3 is 10.1 Å². The molecule has 1 saturated heterocycles. The molecule has 1 N–H and O–H groups in total. The number of amides is 1. The number of halogens is 1. The number of rotatable bonds is 3. The molecule has 2 bridgehead atoms. The lowest BCUT2D eigenvalue weighted by Crippen LogP contribution is -2.40. The summed E-state index contributed by atoms with van der Waals surface area (Å²) >= 11 is 3.56. The van der Waals surface area contributed by atoms with Gasteiger partial charge in [0.2, 0.25) is 5.91 Å². The number of carbonyl (C=O) groups excluding carboxylic acids is 2. The smallest absolute Gasteiger partial charge is 0.310 e. The molecule has 0 aromatic heterocycles. The van der Waals surface area contributed by atoms with Crippen molar-refractivity contribution in [2.24, 2.45) is 23.7 Å². The van der Waals surface area contributed by atoms with Crippen LogP contribution in [0.4, 0.5) is 11.4 Å². The van der Waals surface area contributed by atoms with Gasteiger partial charge in [-0.1, -0.05) is 22.0 Å². The maximum Gasteiger partial charge on any atom is 0.310 e. The largest absolute Gasteiger partial charge is 0.461 e. The number of esters is 1. The Kier molecular flexibility index (Phi) is 3.42. The molecule has 1 aromatic rings. The van der Waals surface area contributed by atoms with Crippen LogP contribution in [-0.2, 0) is 14.3 Å². The van der Waals surface area contributed by atoms with Gasteiger partial charge in [-0.15, -0.1) is 0 Å². The molecule has 6 atom stereocenters. The van der Waals surface area contributed by atoms with Crippen LogP contribution in [0.2, 0.25) is 0 Å². The van der Waals surface area contributed by atoms with Gasteiger partial charge in [0, 0.05) is 23.2 Å². The Morgan fingerprint density at radius 3 is 2.88 bits per heavy atom. The van der Waals surface area contributed by atoms with Crippen molar-refractivity contribution in [1.29, 1.82) is 0 Å². The zero-order valence-electron chi connectivity index (χ0n) is 12.8. The van der Waals surface area contributed by atoms with Crippen molar-refractivity contribution in [2.45, 2.75) is 24.3 Å². The highest BCUT2D eigenvalue weighted by atomic mass is 79.9. The number of nitro groups is 1. The molecule has 0 radical (unpaired) electrons. The number of alkyl halides is 1. The summed E-state index contributed by atoms with van der Waals surface area (Å²) in [5.74, 6) is -1.27. The van der Waals surface area contributed by atoms with Crippen LogP contribution < -0.4 is 5.32 Å². The van der Waals surface area contributed by atoms with Crippen molar-refractivity contribution >= 4 is 39.2 Å². The Morgan fingerprint density at radius 1 is 1.42 bits per heavy atom. The van der Waals surface area contributed by atoms with Gasteiger partial charge in [-0.05, 0) is 25.3 Å². The predicted octanol–water partition coefficient (Wildman–Crippen LogP) is 2.41. The van der Waals surface area contributed by atoms with Crippen LogP contribution in [0.5, 0.6) is 0 Å². The molecular weight excluding hydrogens is 380 g/mol. The second-order valence-electron chi connectivity index (χ2n) is 6.71. The van der Waals surface area contributed by atoms with Crippen molar-refractivity contribution in [2.75, 3.05) is 5.32 Å². The molecule has 1 amide bonds. The number of hydrogen-bond donors (Lipinski definition) is 1. The molecule has 0 unspecified atom stereocenters. The fourth-order valence-corrected chi connectivity index (χ4v) is 5.48. The number of nitro benzene ring substituents is 1. The number of benzene rings is 1. The number of ether oxygens (including phenoxy) is 1. The molecule has 1 heterocycles. The quantitative estimate of drug-likeness (QED) is 0.367. The van der Waals surface area contributed by atoms with Gasteiger partial charge in [0.25, 0.3) is 5.69 Å². The topological polar surface area (TPSA) is 98.5 Å². The van der Waals surface area contributed by atoms with Crippen LogP contribution in [-0.4, -0.2) is 27.7 Å². The number of hydrogen-bond acceptors (Lipinski definition) is 5. The monoisotopic (exact) mass is 394 g/mol. The number of nitrogens with zero attached hydrogens (tertiary/aromatic N) is 1. The summed E-state index contributed by atoms with van der Waals surface area (Å²) in [6.07, 6.45) is 0.667. The average molecular weight is 395 g/mol. The SMILES string of the molecule is Cc1ccc(NC(=O)[C@@H]2[C@H]3C[C@H]4[C@H](OC(=O)[C@@H]42)[C@@H]3Br)cc1[N+](=O)[O-]. The normalized spacial score (nSPS) is 35.8. The minimum atomic E-state index is -0.476. The first kappa shape index (κ1) is 15.6. The molecule has 126 valence electrons. The molecule has 7 nitrogen and oxygen atoms in total. The molecule has 2 aliphatic carbocycles. The zero-order valence-corrected chi connectivity index (χ0v) is 14.4. The van der Waals surface area contributed by atoms with Gasteiger partial charge in [0.1, 0.15) is 6.10 Å². The first-order valence-electron chi connectivity index (χ1n) is 7.79. The van der Waals surface area contributed by atoms with E-state index in [0.717, 1.165) is 6.42 Å². The van der Waals surface area contributed by atoms with Crippen LogP contribution in [0.3, 0.4) is 0 Å². The van der Waals surface area contributed by atoms with E-state index in [4.69, 9.17) is 4.74 Å². The summed E-state index contributed by atoms with van der Waals surface area (Å²) in [6.45, 7) is 1.64. The lowest BCUT2D eigenvalue weighted by atomic mass is 9.79. The highest BCUT2D eigenvalue weighted by Crippen LogP contribution is 2.60. The Labute approximate surface area is 146 Å². The first-order chi connectivity index (χ1) is 11.4.